The molecule has 0 fully saturated rings. The molecule has 8 nitrogen and oxygen atoms in total. The number of pyridine rings is 3. The van der Waals surface area contributed by atoms with Gasteiger partial charge in [-0.25, -0.2) is 9.97 Å². The molecule has 9 heteroatoms. The number of imidazole rings is 1. The third kappa shape index (κ3) is 3.57. The summed E-state index contributed by atoms with van der Waals surface area (Å²) in [5.74, 6) is 0.657. The monoisotopic (exact) mass is 452 g/mol. The summed E-state index contributed by atoms with van der Waals surface area (Å²) in [5.41, 5.74) is 8.88. The van der Waals surface area contributed by atoms with Crippen LogP contribution in [-0.2, 0) is 6.54 Å². The van der Waals surface area contributed by atoms with Crippen molar-refractivity contribution in [2.45, 2.75) is 6.54 Å². The van der Waals surface area contributed by atoms with Crippen molar-refractivity contribution in [1.82, 2.24) is 40.0 Å². The van der Waals surface area contributed by atoms with Gasteiger partial charge >= 0.3 is 0 Å². The molecule has 2 N–H and O–H groups in total. The fourth-order valence-corrected chi connectivity index (χ4v) is 4.60. The van der Waals surface area contributed by atoms with Gasteiger partial charge in [-0.05, 0) is 55.4 Å². The van der Waals surface area contributed by atoms with E-state index in [-0.39, 0.29) is 0 Å². The Bertz CT molecular complexity index is 1580. The van der Waals surface area contributed by atoms with Crippen LogP contribution < -0.4 is 0 Å². The normalized spacial score (nSPS) is 11.7. The Morgan fingerprint density at radius 3 is 2.70 bits per heavy atom. The summed E-state index contributed by atoms with van der Waals surface area (Å²) in [6, 6.07) is 10.1. The lowest BCUT2D eigenvalue weighted by Crippen LogP contribution is -2.10. The van der Waals surface area contributed by atoms with Crippen LogP contribution in [0.3, 0.4) is 0 Å². The number of hydrogen-bond donors (Lipinski definition) is 2. The van der Waals surface area contributed by atoms with E-state index in [1.54, 1.807) is 17.5 Å². The Labute approximate surface area is 193 Å². The van der Waals surface area contributed by atoms with Gasteiger partial charge in [0.25, 0.3) is 0 Å². The van der Waals surface area contributed by atoms with Crippen LogP contribution in [0.4, 0.5) is 0 Å². The van der Waals surface area contributed by atoms with Gasteiger partial charge in [0, 0.05) is 41.6 Å². The van der Waals surface area contributed by atoms with Gasteiger partial charge < -0.3 is 9.88 Å². The van der Waals surface area contributed by atoms with Crippen molar-refractivity contribution in [3.8, 4) is 34.0 Å². The Kier molecular flexibility index (Phi) is 4.70. The first-order chi connectivity index (χ1) is 16.2. The van der Waals surface area contributed by atoms with E-state index in [9.17, 15) is 0 Å². The van der Waals surface area contributed by atoms with Crippen molar-refractivity contribution in [2.24, 2.45) is 0 Å². The third-order valence-electron chi connectivity index (χ3n) is 5.42. The molecule has 0 spiro atoms. The van der Waals surface area contributed by atoms with Gasteiger partial charge in [-0.2, -0.15) is 16.4 Å². The second-order valence-corrected chi connectivity index (χ2v) is 8.92. The average molecular weight is 453 g/mol. The van der Waals surface area contributed by atoms with Crippen LogP contribution in [0.15, 0.2) is 59.7 Å². The molecule has 33 heavy (non-hydrogen) atoms. The lowest BCUT2D eigenvalue weighted by atomic mass is 10.1. The second-order valence-electron chi connectivity index (χ2n) is 8.14. The predicted octanol–water partition coefficient (Wildman–Crippen LogP) is 4.75. The topological polar surface area (TPSA) is 99.3 Å². The first kappa shape index (κ1) is 19.7. The van der Waals surface area contributed by atoms with Gasteiger partial charge in [-0.3, -0.25) is 15.1 Å². The van der Waals surface area contributed by atoms with Gasteiger partial charge in [-0.15, -0.1) is 0 Å². The average Bonchev–Trinajstić information content (AvgIpc) is 3.57. The van der Waals surface area contributed by atoms with Crippen molar-refractivity contribution in [3.05, 3.63) is 65.2 Å². The molecule has 0 unspecified atom stereocenters. The highest BCUT2D eigenvalue weighted by atomic mass is 32.1. The highest BCUT2D eigenvalue weighted by Gasteiger charge is 2.17. The van der Waals surface area contributed by atoms with Crippen molar-refractivity contribution in [2.75, 3.05) is 14.1 Å². The number of hydrogen-bond acceptors (Lipinski definition) is 7. The summed E-state index contributed by atoms with van der Waals surface area (Å²) in [7, 11) is 4.09. The summed E-state index contributed by atoms with van der Waals surface area (Å²) in [5, 5.41) is 11.7. The van der Waals surface area contributed by atoms with Crippen molar-refractivity contribution in [1.29, 1.82) is 0 Å². The van der Waals surface area contributed by atoms with Gasteiger partial charge in [0.15, 0.2) is 11.5 Å². The predicted molar refractivity (Wildman–Crippen MR) is 131 cm³/mol. The number of aromatic nitrogens is 7. The Morgan fingerprint density at radius 1 is 0.939 bits per heavy atom. The minimum absolute atomic E-state index is 0.657. The molecule has 0 aliphatic rings. The third-order valence-corrected chi connectivity index (χ3v) is 6.10. The van der Waals surface area contributed by atoms with Gasteiger partial charge in [-0.1, -0.05) is 0 Å². The summed E-state index contributed by atoms with van der Waals surface area (Å²) < 4.78 is 0. The zero-order valence-corrected chi connectivity index (χ0v) is 18.9. The lowest BCUT2D eigenvalue weighted by Gasteiger charge is -2.10. The molecule has 0 aliphatic heterocycles. The number of nitrogens with one attached hydrogen (secondary N) is 2. The van der Waals surface area contributed by atoms with Crippen molar-refractivity contribution in [3.63, 3.8) is 0 Å². The van der Waals surface area contributed by atoms with Gasteiger partial charge in [0.05, 0.1) is 22.4 Å². The fourth-order valence-electron chi connectivity index (χ4n) is 3.96. The summed E-state index contributed by atoms with van der Waals surface area (Å²) in [6.07, 6.45) is 5.52. The maximum absolute atomic E-state index is 4.92. The van der Waals surface area contributed by atoms with E-state index in [1.807, 2.05) is 50.1 Å². The number of aromatic amines is 2. The van der Waals surface area contributed by atoms with Gasteiger partial charge in [0.1, 0.15) is 11.0 Å². The number of nitrogens with zero attached hydrogens (tertiary/aromatic N) is 6. The molecule has 6 rings (SSSR count). The summed E-state index contributed by atoms with van der Waals surface area (Å²) in [4.78, 5) is 24.3. The van der Waals surface area contributed by atoms with Crippen LogP contribution in [0.2, 0.25) is 0 Å². The molecule has 0 saturated carbocycles. The largest absolute Gasteiger partial charge is 0.336 e. The maximum atomic E-state index is 4.92. The molecule has 162 valence electrons. The smallest absolute Gasteiger partial charge is 0.161 e. The van der Waals surface area contributed by atoms with E-state index < -0.39 is 0 Å². The Balaban J connectivity index is 1.45. The molecule has 0 radical (unpaired) electrons. The molecular formula is C24H20N8S. The SMILES string of the molecule is CN(C)Cc1cncc(-c2ccc3[nH]nc(-c4nc5c(-c6ccsc6)nccc5[nH]4)c3n2)c1. The molecule has 6 aromatic rings. The lowest BCUT2D eigenvalue weighted by molar-refractivity contribution is 0.402. The molecule has 0 aromatic carbocycles. The Morgan fingerprint density at radius 2 is 1.85 bits per heavy atom. The highest BCUT2D eigenvalue weighted by molar-refractivity contribution is 7.08. The second kappa shape index (κ2) is 7.88. The zero-order valence-electron chi connectivity index (χ0n) is 18.1. The maximum Gasteiger partial charge on any atom is 0.161 e. The van der Waals surface area contributed by atoms with Crippen molar-refractivity contribution >= 4 is 33.4 Å². The van der Waals surface area contributed by atoms with E-state index in [4.69, 9.17) is 9.97 Å². The minimum atomic E-state index is 0.657. The fraction of sp³-hybridized carbons (Fsp3) is 0.125. The van der Waals surface area contributed by atoms with Gasteiger partial charge in [0.2, 0.25) is 0 Å². The summed E-state index contributed by atoms with van der Waals surface area (Å²) in [6.45, 7) is 0.819. The quantitative estimate of drug-likeness (QED) is 0.392. The Hall–Kier alpha value is -3.95. The van der Waals surface area contributed by atoms with Crippen LogP contribution in [0.1, 0.15) is 5.56 Å². The van der Waals surface area contributed by atoms with Crippen molar-refractivity contribution < 1.29 is 0 Å². The number of fused-ring (bicyclic) bond motifs is 2. The van der Waals surface area contributed by atoms with E-state index in [2.05, 4.69) is 47.6 Å². The first-order valence-electron chi connectivity index (χ1n) is 10.5. The van der Waals surface area contributed by atoms with Crippen LogP contribution in [0.25, 0.3) is 56.1 Å². The van der Waals surface area contributed by atoms with E-state index in [0.717, 1.165) is 56.7 Å². The highest BCUT2D eigenvalue weighted by Crippen LogP contribution is 2.31. The van der Waals surface area contributed by atoms with E-state index in [1.165, 1.54) is 0 Å². The molecule has 0 amide bonds. The van der Waals surface area contributed by atoms with E-state index >= 15 is 0 Å². The van der Waals surface area contributed by atoms with E-state index in [0.29, 0.717) is 11.5 Å². The molecule has 0 saturated heterocycles. The van der Waals surface area contributed by atoms with Crippen LogP contribution >= 0.6 is 11.3 Å². The molecule has 6 heterocycles. The number of H-pyrrole nitrogens is 2. The van der Waals surface area contributed by atoms with Crippen LogP contribution in [0.5, 0.6) is 0 Å². The molecule has 0 atom stereocenters. The molecule has 0 bridgehead atoms. The molecule has 6 aromatic heterocycles. The zero-order chi connectivity index (χ0) is 22.4. The van der Waals surface area contributed by atoms with Crippen LogP contribution in [0, 0.1) is 0 Å². The first-order valence-corrected chi connectivity index (χ1v) is 11.4. The molecular weight excluding hydrogens is 432 g/mol. The standard InChI is InChI=1S/C24H20N8S/c1-32(2)12-14-9-16(11-25-10-14)17-3-4-19-22(27-17)23(31-30-19)24-28-18-5-7-26-20(21(18)29-24)15-6-8-33-13-15/h3-11,13H,12H2,1-2H3,(H,28,29)(H,30,31). The number of rotatable bonds is 5. The number of thiophene rings is 1. The summed E-state index contributed by atoms with van der Waals surface area (Å²) >= 11 is 1.64. The minimum Gasteiger partial charge on any atom is -0.336 e. The van der Waals surface area contributed by atoms with Crippen LogP contribution in [-0.4, -0.2) is 54.1 Å². The molecule has 0 aliphatic carbocycles.